The first kappa shape index (κ1) is 16.2. The van der Waals surface area contributed by atoms with Gasteiger partial charge < -0.3 is 5.11 Å². The van der Waals surface area contributed by atoms with Gasteiger partial charge in [0, 0.05) is 6.42 Å². The highest BCUT2D eigenvalue weighted by molar-refractivity contribution is 5.98. The molecule has 0 saturated heterocycles. The van der Waals surface area contributed by atoms with Gasteiger partial charge in [-0.05, 0) is 55.9 Å². The highest BCUT2D eigenvalue weighted by Crippen LogP contribution is 2.45. The van der Waals surface area contributed by atoms with E-state index in [1.165, 1.54) is 0 Å². The van der Waals surface area contributed by atoms with Crippen molar-refractivity contribution in [1.29, 1.82) is 0 Å². The Morgan fingerprint density at radius 3 is 2.76 bits per heavy atom. The quantitative estimate of drug-likeness (QED) is 0.673. The second-order valence-corrected chi connectivity index (χ2v) is 7.29. The Kier molecular flexibility index (Phi) is 4.88. The molecule has 0 aromatic rings. The molecule has 1 N–H and O–H groups in total. The van der Waals surface area contributed by atoms with Crippen LogP contribution in [0.25, 0.3) is 0 Å². The van der Waals surface area contributed by atoms with Crippen LogP contribution in [-0.2, 0) is 4.79 Å². The van der Waals surface area contributed by atoms with Gasteiger partial charge in [-0.3, -0.25) is 4.79 Å². The van der Waals surface area contributed by atoms with Crippen LogP contribution in [0.2, 0.25) is 0 Å². The van der Waals surface area contributed by atoms with Gasteiger partial charge >= 0.3 is 0 Å². The molecular weight excluding hydrogens is 260 g/mol. The van der Waals surface area contributed by atoms with Crippen LogP contribution in [0, 0.1) is 11.3 Å². The predicted molar refractivity (Wildman–Crippen MR) is 87.0 cm³/mol. The third-order valence-corrected chi connectivity index (χ3v) is 5.14. The van der Waals surface area contributed by atoms with E-state index in [2.05, 4.69) is 26.5 Å². The zero-order valence-electron chi connectivity index (χ0n) is 13.6. The number of rotatable bonds is 0. The van der Waals surface area contributed by atoms with Gasteiger partial charge in [-0.2, -0.15) is 0 Å². The van der Waals surface area contributed by atoms with Crippen LogP contribution in [0.5, 0.6) is 0 Å². The highest BCUT2D eigenvalue weighted by atomic mass is 16.3. The van der Waals surface area contributed by atoms with E-state index in [1.54, 1.807) is 0 Å². The maximum atomic E-state index is 12.6. The Balaban J connectivity index is 2.34. The molecule has 0 fully saturated rings. The van der Waals surface area contributed by atoms with Gasteiger partial charge in [0.25, 0.3) is 0 Å². The number of ketones is 1. The van der Waals surface area contributed by atoms with Crippen molar-refractivity contribution in [3.8, 4) is 0 Å². The molecule has 0 heterocycles. The Hall–Kier alpha value is -1.15. The lowest BCUT2D eigenvalue weighted by Gasteiger charge is -2.40. The molecule has 0 amide bonds. The molecular formula is C19H28O2. The van der Waals surface area contributed by atoms with E-state index in [1.807, 2.05) is 13.0 Å². The molecule has 0 unspecified atom stereocenters. The van der Waals surface area contributed by atoms with Crippen molar-refractivity contribution in [2.24, 2.45) is 11.3 Å². The predicted octanol–water partition coefficient (Wildman–Crippen LogP) is 4.36. The topological polar surface area (TPSA) is 37.3 Å². The van der Waals surface area contributed by atoms with Crippen molar-refractivity contribution in [3.05, 3.63) is 35.5 Å². The fraction of sp³-hybridized carbons (Fsp3) is 0.632. The average molecular weight is 288 g/mol. The Labute approximate surface area is 128 Å². The van der Waals surface area contributed by atoms with Gasteiger partial charge in [-0.15, -0.1) is 0 Å². The second kappa shape index (κ2) is 6.31. The van der Waals surface area contributed by atoms with Crippen LogP contribution in [-0.4, -0.2) is 17.0 Å². The summed E-state index contributed by atoms with van der Waals surface area (Å²) in [7, 11) is 0. The third kappa shape index (κ3) is 3.74. The number of fused-ring (bicyclic) bond motifs is 2. The highest BCUT2D eigenvalue weighted by Gasteiger charge is 2.38. The summed E-state index contributed by atoms with van der Waals surface area (Å²) in [6, 6.07) is 0. The standard InChI is InChI=1S/C19H28O2/c1-13-8-9-15-6-5-7-17(19(15,3)4)18(21)12-14(2)11-16(20)10-13/h7,11,15-16,20H,1,5-6,8-10,12H2,2-4H3/b14-11+/t15-,16-/m0/s1. The smallest absolute Gasteiger partial charge is 0.163 e. The lowest BCUT2D eigenvalue weighted by atomic mass is 9.64. The summed E-state index contributed by atoms with van der Waals surface area (Å²) in [6.45, 7) is 10.5. The largest absolute Gasteiger partial charge is 0.389 e. The number of hydrogen-bond donors (Lipinski definition) is 1. The first-order valence-corrected chi connectivity index (χ1v) is 8.06. The fourth-order valence-electron chi connectivity index (χ4n) is 3.82. The molecule has 0 radical (unpaired) electrons. The maximum absolute atomic E-state index is 12.6. The molecule has 0 saturated carbocycles. The van der Waals surface area contributed by atoms with Crippen LogP contribution in [0.1, 0.15) is 59.3 Å². The number of aliphatic hydroxyl groups excluding tert-OH is 1. The number of aliphatic hydroxyl groups is 1. The van der Waals surface area contributed by atoms with Gasteiger partial charge in [-0.1, -0.05) is 43.7 Å². The molecule has 2 aliphatic carbocycles. The molecule has 2 bridgehead atoms. The summed E-state index contributed by atoms with van der Waals surface area (Å²) in [5, 5.41) is 10.1. The van der Waals surface area contributed by atoms with Gasteiger partial charge in [0.1, 0.15) is 0 Å². The first-order valence-electron chi connectivity index (χ1n) is 8.06. The molecule has 0 aliphatic heterocycles. The van der Waals surface area contributed by atoms with Gasteiger partial charge in [0.05, 0.1) is 6.10 Å². The number of carbonyl (C=O) groups is 1. The molecule has 2 nitrogen and oxygen atoms in total. The summed E-state index contributed by atoms with van der Waals surface area (Å²) in [4.78, 5) is 12.6. The maximum Gasteiger partial charge on any atom is 0.163 e. The van der Waals surface area contributed by atoms with Crippen molar-refractivity contribution in [2.45, 2.75) is 65.4 Å². The van der Waals surface area contributed by atoms with Crippen molar-refractivity contribution < 1.29 is 9.90 Å². The average Bonchev–Trinajstić information content (AvgIpc) is 2.34. The SMILES string of the molecule is C=C1CC[C@@H]2CCC=C(C(=O)C/C(C)=C/[C@@H](O)C1)C2(C)C. The zero-order chi connectivity index (χ0) is 15.6. The summed E-state index contributed by atoms with van der Waals surface area (Å²) in [5.41, 5.74) is 3.02. The molecule has 2 atom stereocenters. The monoisotopic (exact) mass is 288 g/mol. The Bertz CT molecular complexity index is 494. The van der Waals surface area contributed by atoms with E-state index in [4.69, 9.17) is 0 Å². The zero-order valence-corrected chi connectivity index (χ0v) is 13.6. The van der Waals surface area contributed by atoms with Crippen LogP contribution >= 0.6 is 0 Å². The van der Waals surface area contributed by atoms with E-state index in [0.29, 0.717) is 18.8 Å². The minimum Gasteiger partial charge on any atom is -0.389 e. The van der Waals surface area contributed by atoms with E-state index in [-0.39, 0.29) is 11.2 Å². The molecule has 0 aromatic heterocycles. The van der Waals surface area contributed by atoms with Gasteiger partial charge in [0.2, 0.25) is 0 Å². The van der Waals surface area contributed by atoms with E-state index < -0.39 is 6.10 Å². The van der Waals surface area contributed by atoms with Crippen LogP contribution < -0.4 is 0 Å². The molecule has 2 rings (SSSR count). The minimum absolute atomic E-state index is 0.0479. The summed E-state index contributed by atoms with van der Waals surface area (Å²) in [5.74, 6) is 0.754. The molecule has 0 aromatic carbocycles. The lowest BCUT2D eigenvalue weighted by Crippen LogP contribution is -2.33. The van der Waals surface area contributed by atoms with Gasteiger partial charge in [0.15, 0.2) is 5.78 Å². The molecule has 0 spiro atoms. The van der Waals surface area contributed by atoms with Crippen LogP contribution in [0.15, 0.2) is 35.5 Å². The van der Waals surface area contributed by atoms with Crippen molar-refractivity contribution in [2.75, 3.05) is 0 Å². The first-order chi connectivity index (χ1) is 9.80. The van der Waals surface area contributed by atoms with Crippen molar-refractivity contribution in [1.82, 2.24) is 0 Å². The fourth-order valence-corrected chi connectivity index (χ4v) is 3.82. The number of Topliss-reactive ketones (excluding diaryl/α,β-unsaturated/α-hetero) is 1. The van der Waals surface area contributed by atoms with Crippen LogP contribution in [0.4, 0.5) is 0 Å². The third-order valence-electron chi connectivity index (χ3n) is 5.14. The Morgan fingerprint density at radius 1 is 1.33 bits per heavy atom. The molecule has 116 valence electrons. The second-order valence-electron chi connectivity index (χ2n) is 7.29. The van der Waals surface area contributed by atoms with E-state index in [0.717, 1.165) is 42.4 Å². The molecule has 2 heteroatoms. The molecule has 2 aliphatic rings. The summed E-state index contributed by atoms with van der Waals surface area (Å²) in [6.07, 6.45) is 8.65. The Morgan fingerprint density at radius 2 is 2.05 bits per heavy atom. The minimum atomic E-state index is -0.508. The van der Waals surface area contributed by atoms with E-state index >= 15 is 0 Å². The molecule has 21 heavy (non-hydrogen) atoms. The van der Waals surface area contributed by atoms with Gasteiger partial charge in [-0.25, -0.2) is 0 Å². The summed E-state index contributed by atoms with van der Waals surface area (Å²) < 4.78 is 0. The summed E-state index contributed by atoms with van der Waals surface area (Å²) >= 11 is 0. The lowest BCUT2D eigenvalue weighted by molar-refractivity contribution is -0.116. The normalized spacial score (nSPS) is 33.3. The number of hydrogen-bond acceptors (Lipinski definition) is 2. The number of carbonyl (C=O) groups excluding carboxylic acids is 1. The van der Waals surface area contributed by atoms with Crippen LogP contribution in [0.3, 0.4) is 0 Å². The van der Waals surface area contributed by atoms with Crippen molar-refractivity contribution in [3.63, 3.8) is 0 Å². The number of allylic oxidation sites excluding steroid dienone is 3. The van der Waals surface area contributed by atoms with Crippen molar-refractivity contribution >= 4 is 5.78 Å². The van der Waals surface area contributed by atoms with E-state index in [9.17, 15) is 9.90 Å².